The first-order chi connectivity index (χ1) is 8.25. The molecule has 1 aromatic carbocycles. The van der Waals surface area contributed by atoms with Crippen LogP contribution in [0.3, 0.4) is 0 Å². The highest BCUT2D eigenvalue weighted by Gasteiger charge is 2.28. The van der Waals surface area contributed by atoms with E-state index >= 15 is 0 Å². The van der Waals surface area contributed by atoms with Crippen molar-refractivity contribution in [2.45, 2.75) is 38.1 Å². The van der Waals surface area contributed by atoms with Crippen molar-refractivity contribution in [3.63, 3.8) is 0 Å². The summed E-state index contributed by atoms with van der Waals surface area (Å²) in [5, 5.41) is 0. The van der Waals surface area contributed by atoms with Crippen LogP contribution in [0.1, 0.15) is 42.3 Å². The molecule has 0 aliphatic carbocycles. The smallest absolute Gasteiger partial charge is 0.132 e. The lowest BCUT2D eigenvalue weighted by Gasteiger charge is -2.33. The minimum Gasteiger partial charge on any atom is -0.340 e. The first kappa shape index (κ1) is 11.1. The number of nitrogens with zero attached hydrogens (tertiary/aromatic N) is 2. The molecule has 1 fully saturated rings. The summed E-state index contributed by atoms with van der Waals surface area (Å²) >= 11 is 6.59. The summed E-state index contributed by atoms with van der Waals surface area (Å²) in [6.45, 7) is 3.14. The van der Waals surface area contributed by atoms with Gasteiger partial charge in [-0.25, -0.2) is 4.99 Å². The highest BCUT2D eigenvalue weighted by molar-refractivity contribution is 6.22. The van der Waals surface area contributed by atoms with E-state index < -0.39 is 0 Å². The number of hydrogen-bond donors (Lipinski definition) is 0. The molecule has 0 spiro atoms. The van der Waals surface area contributed by atoms with E-state index in [0.29, 0.717) is 0 Å². The lowest BCUT2D eigenvalue weighted by molar-refractivity contribution is 0.387. The molecule has 2 nitrogen and oxygen atoms in total. The van der Waals surface area contributed by atoms with Crippen LogP contribution in [0.2, 0.25) is 0 Å². The van der Waals surface area contributed by atoms with Crippen molar-refractivity contribution in [1.29, 1.82) is 0 Å². The summed E-state index contributed by atoms with van der Waals surface area (Å²) in [5.41, 5.74) is 3.44. The Hall–Kier alpha value is -1.02. The van der Waals surface area contributed by atoms with Gasteiger partial charge in [-0.2, -0.15) is 0 Å². The fraction of sp³-hybridized carbons (Fsp3) is 0.500. The summed E-state index contributed by atoms with van der Waals surface area (Å²) in [6, 6.07) is 6.37. The first-order valence-corrected chi connectivity index (χ1v) is 6.78. The van der Waals surface area contributed by atoms with Crippen LogP contribution in [-0.4, -0.2) is 17.3 Å². The zero-order valence-electron chi connectivity index (χ0n) is 10.1. The second kappa shape index (κ2) is 4.34. The Kier molecular flexibility index (Phi) is 2.83. The number of amidine groups is 1. The van der Waals surface area contributed by atoms with Crippen LogP contribution in [0.5, 0.6) is 0 Å². The Balaban J connectivity index is 2.06. The molecule has 90 valence electrons. The van der Waals surface area contributed by atoms with Crippen molar-refractivity contribution in [1.82, 2.24) is 4.90 Å². The summed E-state index contributed by atoms with van der Waals surface area (Å²) in [4.78, 5) is 7.07. The van der Waals surface area contributed by atoms with Gasteiger partial charge in [0.05, 0.1) is 5.69 Å². The fourth-order valence-corrected chi connectivity index (χ4v) is 3.03. The normalized spacial score (nSPS) is 23.5. The van der Waals surface area contributed by atoms with E-state index in [0.717, 1.165) is 24.2 Å². The molecule has 0 aromatic heterocycles. The van der Waals surface area contributed by atoms with Gasteiger partial charge in [0.1, 0.15) is 11.3 Å². The number of alkyl halides is 1. The van der Waals surface area contributed by atoms with Crippen LogP contribution in [0, 0.1) is 6.92 Å². The molecule has 1 unspecified atom stereocenters. The molecular weight excluding hydrogens is 232 g/mol. The quantitative estimate of drug-likeness (QED) is 0.497. The van der Waals surface area contributed by atoms with Crippen LogP contribution in [0.25, 0.3) is 0 Å². The van der Waals surface area contributed by atoms with Crippen molar-refractivity contribution >= 4 is 23.1 Å². The van der Waals surface area contributed by atoms with E-state index in [9.17, 15) is 0 Å². The minimum atomic E-state index is -0.0313. The highest BCUT2D eigenvalue weighted by Crippen LogP contribution is 2.39. The van der Waals surface area contributed by atoms with E-state index in [1.165, 1.54) is 30.7 Å². The second-order valence-corrected chi connectivity index (χ2v) is 5.34. The van der Waals surface area contributed by atoms with Crippen molar-refractivity contribution in [3.05, 3.63) is 29.3 Å². The fourth-order valence-electron chi connectivity index (χ4n) is 2.64. The molecule has 0 amide bonds. The van der Waals surface area contributed by atoms with E-state index in [4.69, 9.17) is 16.6 Å². The van der Waals surface area contributed by atoms with Gasteiger partial charge in [-0.3, -0.25) is 0 Å². The summed E-state index contributed by atoms with van der Waals surface area (Å²) in [6.07, 6.45) is 4.81. The molecule has 0 N–H and O–H groups in total. The van der Waals surface area contributed by atoms with Gasteiger partial charge in [0, 0.05) is 18.5 Å². The van der Waals surface area contributed by atoms with Gasteiger partial charge in [-0.05, 0) is 31.4 Å². The maximum atomic E-state index is 6.59. The molecule has 2 aliphatic heterocycles. The molecule has 2 heterocycles. The lowest BCUT2D eigenvalue weighted by atomic mass is 10.1. The van der Waals surface area contributed by atoms with Gasteiger partial charge in [-0.15, -0.1) is 0 Å². The van der Waals surface area contributed by atoms with Gasteiger partial charge in [-0.1, -0.05) is 30.2 Å². The Labute approximate surface area is 107 Å². The highest BCUT2D eigenvalue weighted by atomic mass is 35.5. The third-order valence-corrected chi connectivity index (χ3v) is 4.07. The Bertz CT molecular complexity index is 467. The van der Waals surface area contributed by atoms with Gasteiger partial charge in [0.15, 0.2) is 0 Å². The van der Waals surface area contributed by atoms with Crippen LogP contribution in [-0.2, 0) is 0 Å². The molecule has 2 aliphatic rings. The van der Waals surface area contributed by atoms with Crippen LogP contribution in [0.4, 0.5) is 5.69 Å². The Morgan fingerprint density at radius 2 is 2.18 bits per heavy atom. The van der Waals surface area contributed by atoms with E-state index in [2.05, 4.69) is 30.0 Å². The van der Waals surface area contributed by atoms with E-state index in [1.54, 1.807) is 0 Å². The van der Waals surface area contributed by atoms with Crippen molar-refractivity contribution in [2.75, 3.05) is 6.54 Å². The summed E-state index contributed by atoms with van der Waals surface area (Å²) in [7, 11) is 0. The molecular formula is C14H17ClN2. The van der Waals surface area contributed by atoms with E-state index in [-0.39, 0.29) is 5.50 Å². The monoisotopic (exact) mass is 248 g/mol. The maximum Gasteiger partial charge on any atom is 0.132 e. The number of aliphatic imine (C=N–C) groups is 1. The number of fused-ring (bicyclic) bond motifs is 2. The molecule has 1 saturated heterocycles. The largest absolute Gasteiger partial charge is 0.340 e. The zero-order valence-corrected chi connectivity index (χ0v) is 10.9. The van der Waals surface area contributed by atoms with Crippen molar-refractivity contribution in [3.8, 4) is 0 Å². The maximum absolute atomic E-state index is 6.59. The number of hydrogen-bond acceptors (Lipinski definition) is 2. The summed E-state index contributed by atoms with van der Waals surface area (Å²) < 4.78 is 0. The summed E-state index contributed by atoms with van der Waals surface area (Å²) in [5.74, 6) is 1.18. The third-order valence-electron chi connectivity index (χ3n) is 3.60. The van der Waals surface area contributed by atoms with Gasteiger partial charge in [0.25, 0.3) is 0 Å². The van der Waals surface area contributed by atoms with Crippen molar-refractivity contribution in [2.24, 2.45) is 4.99 Å². The minimum absolute atomic E-state index is 0.0313. The molecule has 0 saturated carbocycles. The SMILES string of the molecule is Cc1ccc2c(c1)N=C1CCCCCN1C2Cl. The first-order valence-electron chi connectivity index (χ1n) is 6.34. The zero-order chi connectivity index (χ0) is 11.8. The van der Waals surface area contributed by atoms with Crippen molar-refractivity contribution < 1.29 is 0 Å². The number of benzene rings is 1. The molecule has 3 heteroatoms. The molecule has 17 heavy (non-hydrogen) atoms. The average Bonchev–Trinajstić information content (AvgIpc) is 2.54. The standard InChI is InChI=1S/C14H17ClN2/c1-10-6-7-11-12(9-10)16-13-5-3-2-4-8-17(13)14(11)15/h6-7,9,14H,2-5,8H2,1H3. The average molecular weight is 249 g/mol. The van der Waals surface area contributed by atoms with Gasteiger partial charge < -0.3 is 4.90 Å². The molecule has 1 atom stereocenters. The molecule has 0 radical (unpaired) electrons. The number of rotatable bonds is 0. The van der Waals surface area contributed by atoms with Crippen LogP contribution < -0.4 is 0 Å². The molecule has 0 bridgehead atoms. The van der Waals surface area contributed by atoms with Crippen LogP contribution in [0.15, 0.2) is 23.2 Å². The van der Waals surface area contributed by atoms with E-state index in [1.807, 2.05) is 0 Å². The lowest BCUT2D eigenvalue weighted by Crippen LogP contribution is -2.34. The van der Waals surface area contributed by atoms with Gasteiger partial charge in [0.2, 0.25) is 0 Å². The topological polar surface area (TPSA) is 15.6 Å². The third kappa shape index (κ3) is 1.95. The second-order valence-electron chi connectivity index (χ2n) is 4.93. The predicted molar refractivity (Wildman–Crippen MR) is 72.0 cm³/mol. The van der Waals surface area contributed by atoms with Crippen LogP contribution >= 0.6 is 11.6 Å². The molecule has 1 aromatic rings. The number of halogens is 1. The Morgan fingerprint density at radius 3 is 3.06 bits per heavy atom. The van der Waals surface area contributed by atoms with Gasteiger partial charge >= 0.3 is 0 Å². The molecule has 3 rings (SSSR count). The predicted octanol–water partition coefficient (Wildman–Crippen LogP) is 4.15. The Morgan fingerprint density at radius 1 is 1.29 bits per heavy atom. The number of aryl methyl sites for hydroxylation is 1.